The summed E-state index contributed by atoms with van der Waals surface area (Å²) in [6.07, 6.45) is 1.66. The monoisotopic (exact) mass is 451 g/mol. The third-order valence-electron chi connectivity index (χ3n) is 5.00. The van der Waals surface area contributed by atoms with Crippen molar-refractivity contribution in [2.24, 2.45) is 0 Å². The van der Waals surface area contributed by atoms with E-state index in [1.807, 2.05) is 92.0 Å². The molecule has 0 amide bonds. The Morgan fingerprint density at radius 2 is 1.48 bits per heavy atom. The van der Waals surface area contributed by atoms with E-state index in [2.05, 4.69) is 5.10 Å². The topological polar surface area (TPSA) is 55.2 Å². The highest BCUT2D eigenvalue weighted by atomic mass is 32.2. The van der Waals surface area contributed by atoms with Gasteiger partial charge in [0.25, 0.3) is 0 Å². The van der Waals surface area contributed by atoms with Gasteiger partial charge >= 0.3 is 0 Å². The van der Waals surface area contributed by atoms with Crippen molar-refractivity contribution in [3.8, 4) is 10.6 Å². The molecule has 0 N–H and O–H groups in total. The van der Waals surface area contributed by atoms with Gasteiger partial charge in [-0.2, -0.15) is 9.40 Å². The third-order valence-corrected chi connectivity index (χ3v) is 7.67. The lowest BCUT2D eigenvalue weighted by molar-refractivity contribution is 0.401. The lowest BCUT2D eigenvalue weighted by atomic mass is 10.2. The Morgan fingerprint density at radius 3 is 1.97 bits per heavy atom. The first-order valence-electron chi connectivity index (χ1n) is 10.2. The Labute approximate surface area is 187 Å². The molecular weight excluding hydrogens is 426 g/mol. The lowest BCUT2D eigenvalue weighted by Gasteiger charge is -2.22. The van der Waals surface area contributed by atoms with E-state index >= 15 is 0 Å². The van der Waals surface area contributed by atoms with Crippen molar-refractivity contribution in [1.82, 2.24) is 14.1 Å². The van der Waals surface area contributed by atoms with Crippen LogP contribution in [0.2, 0.25) is 0 Å². The van der Waals surface area contributed by atoms with Gasteiger partial charge in [-0.3, -0.25) is 4.68 Å². The van der Waals surface area contributed by atoms with Crippen LogP contribution in [0, 0.1) is 0 Å². The highest BCUT2D eigenvalue weighted by Gasteiger charge is 2.31. The molecule has 0 aliphatic heterocycles. The summed E-state index contributed by atoms with van der Waals surface area (Å²) in [5.41, 5.74) is 2.39. The van der Waals surface area contributed by atoms with Crippen LogP contribution in [0.5, 0.6) is 0 Å². The van der Waals surface area contributed by atoms with Crippen LogP contribution >= 0.6 is 11.3 Å². The number of hydrogen-bond donors (Lipinski definition) is 0. The van der Waals surface area contributed by atoms with E-state index in [-0.39, 0.29) is 24.0 Å². The zero-order valence-electron chi connectivity index (χ0n) is 17.5. The second kappa shape index (κ2) is 9.18. The van der Waals surface area contributed by atoms with Crippen LogP contribution in [0.25, 0.3) is 10.6 Å². The molecule has 7 heteroatoms. The quantitative estimate of drug-likeness (QED) is 0.351. The van der Waals surface area contributed by atoms with E-state index in [1.165, 1.54) is 15.6 Å². The van der Waals surface area contributed by atoms with Gasteiger partial charge in [-0.05, 0) is 36.4 Å². The number of sulfonamides is 1. The van der Waals surface area contributed by atoms with E-state index in [1.54, 1.807) is 10.9 Å². The molecule has 0 spiro atoms. The van der Waals surface area contributed by atoms with Gasteiger partial charge in [0.2, 0.25) is 10.0 Å². The van der Waals surface area contributed by atoms with Crippen LogP contribution < -0.4 is 0 Å². The predicted molar refractivity (Wildman–Crippen MR) is 125 cm³/mol. The first-order valence-corrected chi connectivity index (χ1v) is 12.5. The van der Waals surface area contributed by atoms with Crippen molar-refractivity contribution in [3.05, 3.63) is 95.5 Å². The zero-order chi connectivity index (χ0) is 21.8. The van der Waals surface area contributed by atoms with Crippen LogP contribution in [0.4, 0.5) is 0 Å². The summed E-state index contributed by atoms with van der Waals surface area (Å²) in [6.45, 7) is 4.56. The Bertz CT molecular complexity index is 1180. The summed E-state index contributed by atoms with van der Waals surface area (Å²) < 4.78 is 31.2. The summed E-state index contributed by atoms with van der Waals surface area (Å²) in [7, 11) is -3.81. The molecule has 0 aliphatic carbocycles. The summed E-state index contributed by atoms with van der Waals surface area (Å²) in [6, 6.07) is 23.3. The van der Waals surface area contributed by atoms with Gasteiger partial charge in [0, 0.05) is 25.3 Å². The summed E-state index contributed by atoms with van der Waals surface area (Å²) in [4.78, 5) is 1.09. The molecule has 0 atom stereocenters. The standard InChI is InChI=1S/C24H25N3O2S2/c1-19(2)27-18-23(24(25-27)22-14-9-15-30-22)31(28,29)26(16-20-10-5-3-6-11-20)17-21-12-7-4-8-13-21/h3-15,18-19H,16-17H2,1-2H3. The smallest absolute Gasteiger partial charge is 0.247 e. The molecule has 0 aliphatic rings. The van der Waals surface area contributed by atoms with E-state index < -0.39 is 10.0 Å². The summed E-state index contributed by atoms with van der Waals surface area (Å²) in [5.74, 6) is 0. The van der Waals surface area contributed by atoms with Gasteiger partial charge in [0.15, 0.2) is 0 Å². The van der Waals surface area contributed by atoms with Gasteiger partial charge in [0.05, 0.1) is 4.88 Å². The van der Waals surface area contributed by atoms with Crippen molar-refractivity contribution < 1.29 is 8.42 Å². The normalized spacial score (nSPS) is 12.0. The van der Waals surface area contributed by atoms with Crippen molar-refractivity contribution in [2.45, 2.75) is 37.9 Å². The third kappa shape index (κ3) is 4.79. The zero-order valence-corrected chi connectivity index (χ0v) is 19.2. The van der Waals surface area contributed by atoms with Crippen molar-refractivity contribution in [2.75, 3.05) is 0 Å². The molecule has 4 aromatic rings. The Hall–Kier alpha value is -2.74. The van der Waals surface area contributed by atoms with E-state index in [9.17, 15) is 8.42 Å². The number of hydrogen-bond acceptors (Lipinski definition) is 4. The molecule has 2 heterocycles. The highest BCUT2D eigenvalue weighted by Crippen LogP contribution is 2.33. The van der Waals surface area contributed by atoms with E-state index in [0.717, 1.165) is 16.0 Å². The van der Waals surface area contributed by atoms with Crippen LogP contribution in [0.3, 0.4) is 0 Å². The molecule has 0 saturated heterocycles. The first-order chi connectivity index (χ1) is 14.9. The average Bonchev–Trinajstić information content (AvgIpc) is 3.45. The molecule has 0 unspecified atom stereocenters. The molecule has 2 aromatic carbocycles. The highest BCUT2D eigenvalue weighted by molar-refractivity contribution is 7.89. The minimum atomic E-state index is -3.81. The van der Waals surface area contributed by atoms with Crippen LogP contribution in [0.15, 0.2) is 89.3 Å². The molecular formula is C24H25N3O2S2. The molecule has 0 radical (unpaired) electrons. The minimum Gasteiger partial charge on any atom is -0.268 e. The maximum Gasteiger partial charge on any atom is 0.247 e. The van der Waals surface area contributed by atoms with Crippen LogP contribution in [-0.4, -0.2) is 22.5 Å². The molecule has 2 aromatic heterocycles. The van der Waals surface area contributed by atoms with Crippen molar-refractivity contribution in [3.63, 3.8) is 0 Å². The Morgan fingerprint density at radius 1 is 0.903 bits per heavy atom. The van der Waals surface area contributed by atoms with E-state index in [4.69, 9.17) is 0 Å². The largest absolute Gasteiger partial charge is 0.268 e. The van der Waals surface area contributed by atoms with Gasteiger partial charge in [-0.25, -0.2) is 8.42 Å². The van der Waals surface area contributed by atoms with Gasteiger partial charge in [-0.1, -0.05) is 66.7 Å². The number of benzene rings is 2. The molecule has 4 rings (SSSR count). The minimum absolute atomic E-state index is 0.0550. The van der Waals surface area contributed by atoms with Crippen molar-refractivity contribution >= 4 is 21.4 Å². The Kier molecular flexibility index (Phi) is 6.36. The fourth-order valence-corrected chi connectivity index (χ4v) is 5.69. The summed E-state index contributed by atoms with van der Waals surface area (Å²) >= 11 is 1.49. The number of thiophene rings is 1. The van der Waals surface area contributed by atoms with E-state index in [0.29, 0.717) is 5.69 Å². The van der Waals surface area contributed by atoms with Gasteiger partial charge in [0.1, 0.15) is 10.6 Å². The van der Waals surface area contributed by atoms with Gasteiger partial charge in [-0.15, -0.1) is 11.3 Å². The van der Waals surface area contributed by atoms with Gasteiger partial charge < -0.3 is 0 Å². The number of aromatic nitrogens is 2. The molecule has 160 valence electrons. The fourth-order valence-electron chi connectivity index (χ4n) is 3.35. The van der Waals surface area contributed by atoms with Crippen LogP contribution in [0.1, 0.15) is 31.0 Å². The second-order valence-corrected chi connectivity index (χ2v) is 10.5. The molecule has 31 heavy (non-hydrogen) atoms. The van der Waals surface area contributed by atoms with Crippen molar-refractivity contribution in [1.29, 1.82) is 0 Å². The van der Waals surface area contributed by atoms with Crippen LogP contribution in [-0.2, 0) is 23.1 Å². The fraction of sp³-hybridized carbons (Fsp3) is 0.208. The molecule has 0 bridgehead atoms. The Balaban J connectivity index is 1.80. The molecule has 0 saturated carbocycles. The predicted octanol–water partition coefficient (Wildman–Crippen LogP) is 5.58. The number of rotatable bonds is 8. The lowest BCUT2D eigenvalue weighted by Crippen LogP contribution is -2.30. The number of nitrogens with zero attached hydrogens (tertiary/aromatic N) is 3. The first kappa shape index (κ1) is 21.5. The second-order valence-electron chi connectivity index (χ2n) is 7.64. The maximum atomic E-state index is 14.0. The maximum absolute atomic E-state index is 14.0. The average molecular weight is 452 g/mol. The molecule has 5 nitrogen and oxygen atoms in total. The molecule has 0 fully saturated rings. The SMILES string of the molecule is CC(C)n1cc(S(=O)(=O)N(Cc2ccccc2)Cc2ccccc2)c(-c2cccs2)n1. The summed E-state index contributed by atoms with van der Waals surface area (Å²) in [5, 5.41) is 6.57.